The SMILES string of the molecule is CCc1ccccc1Cc1c(C2CCC(c3ccccc3)CC2)[nH]c(=O)[nH]c1=O.O=c1[nH]c(C2CCC(c3ccccc3)CC2)c(Cc2c(Cl)cccc2Cl)c(=O)[nH]1.O=c1[nH]c(C2CCC(c3ccccc3)CC2)c(Cc2cccc(Cl)c2Cl)c(=O)[nH]1.O=c1[nH]c(C2CCC(c3ccccc3)CC2)c(Cc2ccccc2)c(=O)[nH]1.O=c1[nH]c(C2CCC(c3ccccc3)CC2)c(Cc2ccccc2Cl)c(=O)[nH]1. The fourth-order valence-corrected chi connectivity index (χ4v) is 23.2. The fraction of sp³-hybridized carbons (Fsp3) is 0.316. The Morgan fingerprint density at radius 2 is 0.415 bits per heavy atom. The molecule has 0 atom stereocenters. The van der Waals surface area contributed by atoms with E-state index < -0.39 is 28.4 Å². The van der Waals surface area contributed by atoms with Crippen LogP contribution in [0.5, 0.6) is 0 Å². The Bertz CT molecular complexity index is 7390. The molecule has 0 radical (unpaired) electrons. The molecule has 20 nitrogen and oxygen atoms in total. The van der Waals surface area contributed by atoms with Crippen LogP contribution < -0.4 is 56.2 Å². The van der Waals surface area contributed by atoms with Gasteiger partial charge in [0.05, 0.1) is 10.0 Å². The smallest absolute Gasteiger partial charge is 0.311 e. The van der Waals surface area contributed by atoms with Crippen molar-refractivity contribution in [1.82, 2.24) is 49.8 Å². The largest absolute Gasteiger partial charge is 0.325 e. The van der Waals surface area contributed by atoms with Crippen molar-refractivity contribution in [2.75, 3.05) is 0 Å². The summed E-state index contributed by atoms with van der Waals surface area (Å²) in [5.41, 5.74) is 16.0. The van der Waals surface area contributed by atoms with E-state index >= 15 is 0 Å². The minimum Gasteiger partial charge on any atom is -0.311 e. The van der Waals surface area contributed by atoms with Gasteiger partial charge in [-0.25, -0.2) is 24.0 Å². The van der Waals surface area contributed by atoms with Crippen LogP contribution in [0, 0.1) is 0 Å². The van der Waals surface area contributed by atoms with Crippen molar-refractivity contribution >= 4 is 58.0 Å². The van der Waals surface area contributed by atoms with E-state index in [1.54, 1.807) is 24.3 Å². The van der Waals surface area contributed by atoms with Crippen molar-refractivity contribution in [2.24, 2.45) is 0 Å². The molecular formula is C117H119Cl5N10O10. The predicted molar refractivity (Wildman–Crippen MR) is 571 cm³/mol. The minimum absolute atomic E-state index is 0.140. The second kappa shape index (κ2) is 49.2. The fourth-order valence-electron chi connectivity index (χ4n) is 22.1. The van der Waals surface area contributed by atoms with E-state index in [-0.39, 0.29) is 57.4 Å². The Labute approximate surface area is 848 Å². The zero-order valence-electron chi connectivity index (χ0n) is 79.5. The number of hydrogen-bond acceptors (Lipinski definition) is 10. The van der Waals surface area contributed by atoms with Crippen LogP contribution in [-0.2, 0) is 38.5 Å². The lowest BCUT2D eigenvalue weighted by Gasteiger charge is -2.29. The first kappa shape index (κ1) is 102. The number of aromatic nitrogens is 10. The average molecular weight is 2000 g/mol. The maximum absolute atomic E-state index is 12.7. The number of hydrogen-bond donors (Lipinski definition) is 10. The Morgan fingerprint density at radius 1 is 0.197 bits per heavy atom. The van der Waals surface area contributed by atoms with E-state index in [0.717, 1.165) is 186 Å². The van der Waals surface area contributed by atoms with E-state index in [1.165, 1.54) is 33.4 Å². The molecule has 5 heterocycles. The molecule has 0 aliphatic heterocycles. The predicted octanol–water partition coefficient (Wildman–Crippen LogP) is 24.3. The Balaban J connectivity index is 0.000000128. The van der Waals surface area contributed by atoms with Gasteiger partial charge in [-0.3, -0.25) is 48.9 Å². The topological polar surface area (TPSA) is 329 Å². The molecule has 5 fully saturated rings. The van der Waals surface area contributed by atoms with E-state index in [1.807, 2.05) is 103 Å². The lowest BCUT2D eigenvalue weighted by atomic mass is 9.76. The van der Waals surface area contributed by atoms with Crippen molar-refractivity contribution in [3.8, 4) is 0 Å². The molecular weight excluding hydrogens is 1880 g/mol. The standard InChI is InChI=1S/C25H28N2O2.2C23H22Cl2N2O2.C23H23ClN2O2.C23H24N2O2/c1-2-17-8-6-7-11-21(17)16-22-23(26-25(29)27-24(22)28)20-14-12-19(13-15-20)18-9-4-3-5-10-18;24-19-7-4-8-20(25)17(19)13-18-21(26-23(29)27-22(18)28)16-11-9-15(10-12-16)14-5-2-1-3-6-14;24-19-8-4-7-17(20(19)25)13-18-21(26-23(29)27-22(18)28)16-11-9-15(10-12-16)14-5-2-1-3-6-14;24-20-9-5-4-8-18(20)14-19-21(25-23(28)26-22(19)27)17-12-10-16(11-13-17)15-6-2-1-3-7-15;26-22-20(15-16-7-3-1-4-8-16)21(24-23(27)25-22)19-13-11-18(12-14-19)17-9-5-2-6-10-17/h3-11,19-20H,2,12-16H2,1H3,(H2,26,27,28,29);2*1-8,15-16H,9-13H2,(H2,26,27,28,29);1-9,16-17H,10-14H2,(H2,25,26,27,28);1-10,18-19H,11-15H2,(H2,24,25,26,27). The van der Waals surface area contributed by atoms with E-state index in [2.05, 4.69) is 196 Å². The summed E-state index contributed by atoms with van der Waals surface area (Å²) < 4.78 is 0. The quantitative estimate of drug-likeness (QED) is 0.0324. The third-order valence-electron chi connectivity index (χ3n) is 29.6. The number of rotatable bonds is 21. The molecule has 5 aliphatic rings. The summed E-state index contributed by atoms with van der Waals surface area (Å²) in [7, 11) is 0. The molecule has 20 rings (SSSR count). The summed E-state index contributed by atoms with van der Waals surface area (Å²) in [6.45, 7) is 2.13. The van der Waals surface area contributed by atoms with Crippen LogP contribution >= 0.6 is 58.0 Å². The molecule has 5 saturated carbocycles. The van der Waals surface area contributed by atoms with Gasteiger partial charge in [0, 0.05) is 103 Å². The van der Waals surface area contributed by atoms with Gasteiger partial charge >= 0.3 is 28.4 Å². The van der Waals surface area contributed by atoms with Gasteiger partial charge in [0.1, 0.15) is 0 Å². The highest BCUT2D eigenvalue weighted by Crippen LogP contribution is 2.47. The van der Waals surface area contributed by atoms with Crippen LogP contribution in [0.25, 0.3) is 0 Å². The molecule has 0 saturated heterocycles. The Hall–Kier alpha value is -13.0. The van der Waals surface area contributed by atoms with Gasteiger partial charge < -0.3 is 24.9 Å². The molecule has 0 spiro atoms. The summed E-state index contributed by atoms with van der Waals surface area (Å²) >= 11 is 31.4. The first-order chi connectivity index (χ1) is 69.0. The van der Waals surface area contributed by atoms with Crippen molar-refractivity contribution in [1.29, 1.82) is 0 Å². The van der Waals surface area contributed by atoms with Crippen molar-refractivity contribution < 1.29 is 0 Å². The highest BCUT2D eigenvalue weighted by molar-refractivity contribution is 6.42. The molecule has 732 valence electrons. The van der Waals surface area contributed by atoms with Crippen LogP contribution in [-0.4, -0.2) is 49.8 Å². The second-order valence-electron chi connectivity index (χ2n) is 38.3. The van der Waals surface area contributed by atoms with Crippen molar-refractivity contribution in [3.63, 3.8) is 0 Å². The highest BCUT2D eigenvalue weighted by atomic mass is 35.5. The van der Waals surface area contributed by atoms with E-state index in [4.69, 9.17) is 58.0 Å². The number of benzene rings is 10. The third-order valence-corrected chi connectivity index (χ3v) is 31.6. The first-order valence-corrected chi connectivity index (χ1v) is 51.6. The van der Waals surface area contributed by atoms with Gasteiger partial charge in [0.25, 0.3) is 27.8 Å². The second-order valence-corrected chi connectivity index (χ2v) is 40.3. The number of aryl methyl sites for hydroxylation is 1. The number of aromatic amines is 10. The van der Waals surface area contributed by atoms with Gasteiger partial charge in [0.15, 0.2) is 0 Å². The van der Waals surface area contributed by atoms with Crippen LogP contribution in [0.15, 0.2) is 315 Å². The lowest BCUT2D eigenvalue weighted by Crippen LogP contribution is -2.30. The number of nitrogens with one attached hydrogen (secondary N) is 10. The highest BCUT2D eigenvalue weighted by Gasteiger charge is 2.34. The molecule has 0 amide bonds. The summed E-state index contributed by atoms with van der Waals surface area (Å²) in [6.07, 6.45) is 23.1. The van der Waals surface area contributed by atoms with Crippen molar-refractivity contribution in [2.45, 2.75) is 233 Å². The van der Waals surface area contributed by atoms with Crippen molar-refractivity contribution in [3.05, 3.63) is 514 Å². The summed E-state index contributed by atoms with van der Waals surface area (Å²) in [6, 6.07) is 89.2. The van der Waals surface area contributed by atoms with Gasteiger partial charge in [-0.2, -0.15) is 0 Å². The summed E-state index contributed by atoms with van der Waals surface area (Å²) in [5.74, 6) is 3.64. The number of halogens is 5. The lowest BCUT2D eigenvalue weighted by molar-refractivity contribution is 0.388. The monoisotopic (exact) mass is 2000 g/mol. The van der Waals surface area contributed by atoms with Gasteiger partial charge in [-0.15, -0.1) is 0 Å². The summed E-state index contributed by atoms with van der Waals surface area (Å²) in [4.78, 5) is 150. The third kappa shape index (κ3) is 26.3. The van der Waals surface area contributed by atoms with Gasteiger partial charge in [-0.05, 0) is 279 Å². The zero-order chi connectivity index (χ0) is 99.1. The van der Waals surface area contributed by atoms with Crippen LogP contribution in [0.3, 0.4) is 0 Å². The van der Waals surface area contributed by atoms with E-state index in [0.29, 0.717) is 120 Å². The summed E-state index contributed by atoms with van der Waals surface area (Å²) in [5, 5.41) is 2.56. The van der Waals surface area contributed by atoms with Crippen LogP contribution in [0.4, 0.5) is 0 Å². The normalized spacial score (nSPS) is 19.4. The molecule has 15 aromatic rings. The molecule has 5 aliphatic carbocycles. The molecule has 10 aromatic carbocycles. The average Bonchev–Trinajstić information content (AvgIpc) is 0.830. The molecule has 10 N–H and O–H groups in total. The Morgan fingerprint density at radius 3 is 0.718 bits per heavy atom. The van der Waals surface area contributed by atoms with Crippen LogP contribution in [0.2, 0.25) is 25.1 Å². The van der Waals surface area contributed by atoms with Crippen LogP contribution in [0.1, 0.15) is 312 Å². The molecule has 0 bridgehead atoms. The minimum atomic E-state index is -0.468. The maximum atomic E-state index is 12.7. The molecule has 0 unspecified atom stereocenters. The number of H-pyrrole nitrogens is 10. The van der Waals surface area contributed by atoms with E-state index in [9.17, 15) is 47.9 Å². The molecule has 142 heavy (non-hydrogen) atoms. The van der Waals surface area contributed by atoms with Gasteiger partial charge in [0.2, 0.25) is 0 Å². The first-order valence-electron chi connectivity index (χ1n) is 49.7. The Kier molecular flexibility index (Phi) is 35.3. The maximum Gasteiger partial charge on any atom is 0.325 e. The van der Waals surface area contributed by atoms with Gasteiger partial charge in [-0.1, -0.05) is 308 Å². The molecule has 25 heteroatoms. The zero-order valence-corrected chi connectivity index (χ0v) is 83.3. The molecule has 5 aromatic heterocycles.